The fourth-order valence-electron chi connectivity index (χ4n) is 4.75. The Hall–Kier alpha value is -3.44. The van der Waals surface area contributed by atoms with Crippen LogP contribution in [-0.4, -0.2) is 29.2 Å². The molecule has 1 aliphatic heterocycles. The van der Waals surface area contributed by atoms with Gasteiger partial charge in [0.2, 0.25) is 0 Å². The topological polar surface area (TPSA) is 61.0 Å². The van der Waals surface area contributed by atoms with Gasteiger partial charge in [-0.1, -0.05) is 54.6 Å². The van der Waals surface area contributed by atoms with Gasteiger partial charge in [0.05, 0.1) is 23.0 Å². The highest BCUT2D eigenvalue weighted by Crippen LogP contribution is 2.46. The zero-order valence-corrected chi connectivity index (χ0v) is 18.0. The summed E-state index contributed by atoms with van der Waals surface area (Å²) in [6.07, 6.45) is 0. The summed E-state index contributed by atoms with van der Waals surface area (Å²) in [4.78, 5) is 14.8. The normalized spacial score (nSPS) is 17.7. The molecule has 2 atom stereocenters. The van der Waals surface area contributed by atoms with E-state index in [0.29, 0.717) is 5.39 Å². The third kappa shape index (κ3) is 3.51. The molecule has 31 heavy (non-hydrogen) atoms. The summed E-state index contributed by atoms with van der Waals surface area (Å²) >= 11 is 0. The van der Waals surface area contributed by atoms with Gasteiger partial charge in [0.1, 0.15) is 0 Å². The van der Waals surface area contributed by atoms with E-state index in [1.165, 1.54) is 16.7 Å². The van der Waals surface area contributed by atoms with Crippen molar-refractivity contribution in [1.82, 2.24) is 15.1 Å². The van der Waals surface area contributed by atoms with E-state index >= 15 is 0 Å². The largest absolute Gasteiger partial charge is 0.377 e. The molecule has 0 saturated heterocycles. The first-order valence-electron chi connectivity index (χ1n) is 10.6. The van der Waals surface area contributed by atoms with Gasteiger partial charge in [-0.2, -0.15) is 5.10 Å². The fraction of sp³-hybridized carbons (Fsp3) is 0.231. The minimum Gasteiger partial charge on any atom is -0.377 e. The molecule has 0 amide bonds. The van der Waals surface area contributed by atoms with E-state index in [4.69, 9.17) is 0 Å². The summed E-state index contributed by atoms with van der Waals surface area (Å²) < 4.78 is 0. The number of hydrogen-bond donors (Lipinski definition) is 2. The lowest BCUT2D eigenvalue weighted by atomic mass is 9.79. The number of hydrogen-bond acceptors (Lipinski definition) is 4. The van der Waals surface area contributed by atoms with Crippen LogP contribution < -0.4 is 10.9 Å². The van der Waals surface area contributed by atoms with Crippen LogP contribution >= 0.6 is 0 Å². The molecule has 0 aliphatic carbocycles. The zero-order valence-electron chi connectivity index (χ0n) is 18.0. The van der Waals surface area contributed by atoms with Crippen molar-refractivity contribution < 1.29 is 0 Å². The van der Waals surface area contributed by atoms with Gasteiger partial charge in [-0.15, -0.1) is 0 Å². The number of rotatable bonds is 4. The first-order chi connectivity index (χ1) is 15.0. The Kier molecular flexibility index (Phi) is 4.83. The quantitative estimate of drug-likeness (QED) is 0.517. The summed E-state index contributed by atoms with van der Waals surface area (Å²) in [5, 5.41) is 12.7. The summed E-state index contributed by atoms with van der Waals surface area (Å²) in [7, 11) is 4.15. The Balaban J connectivity index is 1.76. The Morgan fingerprint density at radius 3 is 2.52 bits per heavy atom. The van der Waals surface area contributed by atoms with Gasteiger partial charge in [0, 0.05) is 17.6 Å². The lowest BCUT2D eigenvalue weighted by Gasteiger charge is -2.35. The van der Waals surface area contributed by atoms with Crippen molar-refractivity contribution >= 4 is 16.5 Å². The van der Waals surface area contributed by atoms with Gasteiger partial charge in [0.25, 0.3) is 5.56 Å². The van der Waals surface area contributed by atoms with Gasteiger partial charge in [-0.3, -0.25) is 4.79 Å². The van der Waals surface area contributed by atoms with E-state index in [0.717, 1.165) is 28.9 Å². The van der Waals surface area contributed by atoms with Crippen LogP contribution in [-0.2, 0) is 6.54 Å². The van der Waals surface area contributed by atoms with Crippen molar-refractivity contribution in [3.63, 3.8) is 0 Å². The maximum absolute atomic E-state index is 12.6. The molecule has 2 heterocycles. The molecule has 2 N–H and O–H groups in total. The lowest BCUT2D eigenvalue weighted by Crippen LogP contribution is -2.28. The van der Waals surface area contributed by atoms with Crippen molar-refractivity contribution in [2.45, 2.75) is 25.4 Å². The number of nitrogens with one attached hydrogen (secondary N) is 2. The van der Waals surface area contributed by atoms with Crippen molar-refractivity contribution in [3.8, 4) is 0 Å². The molecule has 1 aromatic heterocycles. The molecule has 156 valence electrons. The second-order valence-electron chi connectivity index (χ2n) is 8.67. The molecule has 0 fully saturated rings. The highest BCUT2D eigenvalue weighted by Gasteiger charge is 2.35. The number of aryl methyl sites for hydroxylation is 1. The number of H-pyrrole nitrogens is 1. The van der Waals surface area contributed by atoms with Gasteiger partial charge in [0.15, 0.2) is 0 Å². The van der Waals surface area contributed by atoms with Crippen LogP contribution in [0, 0.1) is 6.92 Å². The number of benzene rings is 3. The molecule has 5 rings (SSSR count). The number of nitrogens with zero attached hydrogens (tertiary/aromatic N) is 2. The van der Waals surface area contributed by atoms with Crippen molar-refractivity contribution in [2.24, 2.45) is 0 Å². The van der Waals surface area contributed by atoms with Crippen LogP contribution in [0.5, 0.6) is 0 Å². The monoisotopic (exact) mass is 410 g/mol. The van der Waals surface area contributed by atoms with Crippen LogP contribution in [0.15, 0.2) is 71.5 Å². The number of aromatic nitrogens is 2. The Morgan fingerprint density at radius 1 is 0.968 bits per heavy atom. The van der Waals surface area contributed by atoms with Crippen molar-refractivity contribution in [2.75, 3.05) is 19.4 Å². The average Bonchev–Trinajstić information content (AvgIpc) is 2.75. The highest BCUT2D eigenvalue weighted by molar-refractivity contribution is 5.98. The minimum atomic E-state index is -0.149. The third-order valence-electron chi connectivity index (χ3n) is 5.97. The van der Waals surface area contributed by atoms with Crippen LogP contribution in [0.3, 0.4) is 0 Å². The predicted octanol–water partition coefficient (Wildman–Crippen LogP) is 4.59. The first-order valence-corrected chi connectivity index (χ1v) is 10.6. The SMILES string of the molecule is Cc1cc2c3c(n[nH]c(=O)c3c1)C(c1cccc(CN(C)C)c1)C(c1ccccc1)N2. The van der Waals surface area contributed by atoms with E-state index in [1.54, 1.807) is 0 Å². The van der Waals surface area contributed by atoms with Crippen LogP contribution in [0.25, 0.3) is 10.8 Å². The molecule has 5 nitrogen and oxygen atoms in total. The maximum Gasteiger partial charge on any atom is 0.272 e. The Bertz CT molecular complexity index is 1310. The smallest absolute Gasteiger partial charge is 0.272 e. The Labute approximate surface area is 181 Å². The zero-order chi connectivity index (χ0) is 21.5. The van der Waals surface area contributed by atoms with E-state index in [1.807, 2.05) is 19.1 Å². The summed E-state index contributed by atoms with van der Waals surface area (Å²) in [6, 6.07) is 23.2. The molecule has 0 radical (unpaired) electrons. The Morgan fingerprint density at radius 2 is 1.74 bits per heavy atom. The second-order valence-corrected chi connectivity index (χ2v) is 8.67. The summed E-state index contributed by atoms with van der Waals surface area (Å²) in [6.45, 7) is 2.89. The molecule has 1 aliphatic rings. The van der Waals surface area contributed by atoms with Crippen molar-refractivity contribution in [3.05, 3.63) is 105 Å². The van der Waals surface area contributed by atoms with E-state index in [2.05, 4.69) is 89.1 Å². The third-order valence-corrected chi connectivity index (χ3v) is 5.97. The highest BCUT2D eigenvalue weighted by atomic mass is 16.1. The van der Waals surface area contributed by atoms with Gasteiger partial charge in [-0.05, 0) is 55.4 Å². The molecule has 4 aromatic rings. The van der Waals surface area contributed by atoms with Gasteiger partial charge in [-0.25, -0.2) is 5.10 Å². The van der Waals surface area contributed by atoms with Crippen LogP contribution in [0.2, 0.25) is 0 Å². The van der Waals surface area contributed by atoms with Gasteiger partial charge >= 0.3 is 0 Å². The molecule has 2 unspecified atom stereocenters. The predicted molar refractivity (Wildman–Crippen MR) is 126 cm³/mol. The van der Waals surface area contributed by atoms with Gasteiger partial charge < -0.3 is 10.2 Å². The molecule has 0 bridgehead atoms. The molecule has 5 heteroatoms. The number of anilines is 1. The summed E-state index contributed by atoms with van der Waals surface area (Å²) in [5.74, 6) is -0.0286. The van der Waals surface area contributed by atoms with Crippen molar-refractivity contribution in [1.29, 1.82) is 0 Å². The average molecular weight is 411 g/mol. The molecule has 0 saturated carbocycles. The fourth-order valence-corrected chi connectivity index (χ4v) is 4.75. The first kappa shape index (κ1) is 19.5. The molecule has 3 aromatic carbocycles. The molecular weight excluding hydrogens is 384 g/mol. The minimum absolute atomic E-state index is 0.00621. The van der Waals surface area contributed by atoms with Crippen LogP contribution in [0.4, 0.5) is 5.69 Å². The maximum atomic E-state index is 12.6. The standard InChI is InChI=1S/C26H26N4O/c1-16-12-20-23-21(13-16)27-24(18-9-5-4-6-10-18)22(25(23)28-29-26(20)31)19-11-7-8-17(14-19)15-30(2)3/h4-14,22,24,27H,15H2,1-3H3,(H,29,31). The van der Waals surface area contributed by atoms with E-state index < -0.39 is 0 Å². The second kappa shape index (κ2) is 7.67. The molecular formula is C26H26N4O. The van der Waals surface area contributed by atoms with E-state index in [9.17, 15) is 4.79 Å². The summed E-state index contributed by atoms with van der Waals surface area (Å²) in [5.41, 5.74) is 6.42. The van der Waals surface area contributed by atoms with Crippen LogP contribution in [0.1, 0.15) is 39.9 Å². The number of aromatic amines is 1. The molecule has 0 spiro atoms. The lowest BCUT2D eigenvalue weighted by molar-refractivity contribution is 0.402. The van der Waals surface area contributed by atoms with E-state index in [-0.39, 0.29) is 17.5 Å².